The van der Waals surface area contributed by atoms with Crippen molar-refractivity contribution in [2.75, 3.05) is 6.54 Å². The second kappa shape index (κ2) is 6.42. The Balaban J connectivity index is 1.68. The first-order valence-electron chi connectivity index (χ1n) is 7.52. The number of hydrogen-bond donors (Lipinski definition) is 1. The summed E-state index contributed by atoms with van der Waals surface area (Å²) in [5.74, 6) is -0.207. The number of hydrogen-bond acceptors (Lipinski definition) is 3. The Kier molecular flexibility index (Phi) is 4.34. The molecule has 0 bridgehead atoms. The maximum Gasteiger partial charge on any atom is 0.271 e. The Bertz CT molecular complexity index is 851. The van der Waals surface area contributed by atoms with Crippen LogP contribution in [0, 0.1) is 6.92 Å². The maximum absolute atomic E-state index is 12.4. The number of nitrogens with one attached hydrogen (secondary N) is 1. The monoisotopic (exact) mass is 331 g/mol. The van der Waals surface area contributed by atoms with E-state index in [1.807, 2.05) is 35.8 Å². The zero-order valence-corrected chi connectivity index (χ0v) is 13.8. The summed E-state index contributed by atoms with van der Waals surface area (Å²) in [4.78, 5) is 16.7. The summed E-state index contributed by atoms with van der Waals surface area (Å²) >= 11 is 6.18. The van der Waals surface area contributed by atoms with E-state index in [4.69, 9.17) is 11.6 Å². The van der Waals surface area contributed by atoms with Gasteiger partial charge in [-0.2, -0.15) is 5.10 Å². The fourth-order valence-electron chi connectivity index (χ4n) is 2.57. The molecule has 6 nitrogen and oxygen atoms in total. The smallest absolute Gasteiger partial charge is 0.271 e. The number of nitrogens with zero attached hydrogens (tertiary/aromatic N) is 4. The Hall–Kier alpha value is -2.34. The van der Waals surface area contributed by atoms with Crippen molar-refractivity contribution in [3.63, 3.8) is 0 Å². The number of aromatic nitrogens is 4. The second-order valence-corrected chi connectivity index (χ2v) is 5.62. The average molecular weight is 332 g/mol. The second-order valence-electron chi connectivity index (χ2n) is 5.25. The van der Waals surface area contributed by atoms with Crippen LogP contribution in [0.25, 0.3) is 11.0 Å². The van der Waals surface area contributed by atoms with E-state index in [9.17, 15) is 4.79 Å². The molecule has 1 aromatic carbocycles. The summed E-state index contributed by atoms with van der Waals surface area (Å²) in [6.07, 6.45) is 1.78. The van der Waals surface area contributed by atoms with Gasteiger partial charge in [0.25, 0.3) is 5.91 Å². The van der Waals surface area contributed by atoms with Crippen LogP contribution in [-0.4, -0.2) is 31.8 Å². The van der Waals surface area contributed by atoms with Gasteiger partial charge in [-0.05, 0) is 26.0 Å². The SMILES string of the molecule is CCn1nc(C)c(Cl)c1C(=O)NCCn1cnc2ccccc21. The van der Waals surface area contributed by atoms with E-state index >= 15 is 0 Å². The van der Waals surface area contributed by atoms with Crippen LogP contribution in [0.4, 0.5) is 0 Å². The molecule has 2 aromatic heterocycles. The van der Waals surface area contributed by atoms with Gasteiger partial charge >= 0.3 is 0 Å². The largest absolute Gasteiger partial charge is 0.349 e. The first-order chi connectivity index (χ1) is 11.1. The van der Waals surface area contributed by atoms with Gasteiger partial charge in [0.05, 0.1) is 28.1 Å². The predicted octanol–water partition coefficient (Wildman–Crippen LogP) is 2.64. The van der Waals surface area contributed by atoms with Crippen LogP contribution in [0.2, 0.25) is 5.02 Å². The molecule has 0 saturated carbocycles. The summed E-state index contributed by atoms with van der Waals surface area (Å²) in [5.41, 5.74) is 3.08. The highest BCUT2D eigenvalue weighted by atomic mass is 35.5. The molecule has 3 rings (SSSR count). The van der Waals surface area contributed by atoms with Crippen molar-refractivity contribution in [2.45, 2.75) is 26.9 Å². The van der Waals surface area contributed by atoms with Crippen LogP contribution in [-0.2, 0) is 13.1 Å². The number of benzene rings is 1. The van der Waals surface area contributed by atoms with Gasteiger partial charge in [-0.3, -0.25) is 9.48 Å². The Morgan fingerprint density at radius 1 is 1.35 bits per heavy atom. The van der Waals surface area contributed by atoms with Crippen molar-refractivity contribution in [2.24, 2.45) is 0 Å². The van der Waals surface area contributed by atoms with Crippen LogP contribution in [0.1, 0.15) is 23.1 Å². The standard InChI is InChI=1S/C16H18ClN5O/c1-3-22-15(14(17)11(2)20-22)16(23)18-8-9-21-10-19-12-6-4-5-7-13(12)21/h4-7,10H,3,8-9H2,1-2H3,(H,18,23). The molecule has 2 heterocycles. The van der Waals surface area contributed by atoms with Gasteiger partial charge in [-0.15, -0.1) is 0 Å². The van der Waals surface area contributed by atoms with Gasteiger partial charge in [0.2, 0.25) is 0 Å². The minimum Gasteiger partial charge on any atom is -0.349 e. The van der Waals surface area contributed by atoms with Gasteiger partial charge in [0.1, 0.15) is 5.69 Å². The fourth-order valence-corrected chi connectivity index (χ4v) is 2.79. The molecule has 7 heteroatoms. The van der Waals surface area contributed by atoms with Crippen LogP contribution < -0.4 is 5.32 Å². The van der Waals surface area contributed by atoms with E-state index in [1.165, 1.54) is 0 Å². The normalized spacial score (nSPS) is 11.1. The third-order valence-electron chi connectivity index (χ3n) is 3.73. The lowest BCUT2D eigenvalue weighted by atomic mass is 10.3. The van der Waals surface area contributed by atoms with E-state index in [2.05, 4.69) is 15.4 Å². The Labute approximate surface area is 139 Å². The summed E-state index contributed by atoms with van der Waals surface area (Å²) in [5, 5.41) is 7.57. The predicted molar refractivity (Wildman–Crippen MR) is 89.7 cm³/mol. The molecule has 0 unspecified atom stereocenters. The van der Waals surface area contributed by atoms with E-state index in [0.717, 1.165) is 11.0 Å². The van der Waals surface area contributed by atoms with E-state index in [0.29, 0.717) is 36.0 Å². The molecule has 0 atom stereocenters. The average Bonchev–Trinajstić information content (AvgIpc) is 3.09. The zero-order chi connectivity index (χ0) is 16.4. The molecule has 120 valence electrons. The van der Waals surface area contributed by atoms with Crippen LogP contribution in [0.15, 0.2) is 30.6 Å². The van der Waals surface area contributed by atoms with Crippen molar-refractivity contribution in [1.29, 1.82) is 0 Å². The first-order valence-corrected chi connectivity index (χ1v) is 7.90. The van der Waals surface area contributed by atoms with Gasteiger partial charge in [0.15, 0.2) is 0 Å². The molecule has 1 N–H and O–H groups in total. The minimum absolute atomic E-state index is 0.207. The number of halogens is 1. The zero-order valence-electron chi connectivity index (χ0n) is 13.1. The fraction of sp³-hybridized carbons (Fsp3) is 0.312. The van der Waals surface area contributed by atoms with Gasteiger partial charge < -0.3 is 9.88 Å². The van der Waals surface area contributed by atoms with Crippen molar-refractivity contribution >= 4 is 28.5 Å². The number of carbonyl (C=O) groups excluding carboxylic acids is 1. The molecular formula is C16H18ClN5O. The molecule has 0 aliphatic rings. The molecule has 0 spiro atoms. The maximum atomic E-state index is 12.4. The molecule has 0 saturated heterocycles. The highest BCUT2D eigenvalue weighted by Crippen LogP contribution is 2.20. The van der Waals surface area contributed by atoms with Crippen molar-refractivity contribution in [3.05, 3.63) is 47.0 Å². The minimum atomic E-state index is -0.207. The molecule has 0 aliphatic carbocycles. The third-order valence-corrected chi connectivity index (χ3v) is 4.19. The number of para-hydroxylation sites is 2. The van der Waals surface area contributed by atoms with Crippen LogP contribution in [0.5, 0.6) is 0 Å². The highest BCUT2D eigenvalue weighted by molar-refractivity contribution is 6.34. The van der Waals surface area contributed by atoms with Crippen LogP contribution in [0.3, 0.4) is 0 Å². The summed E-state index contributed by atoms with van der Waals surface area (Å²) in [6.45, 7) is 5.45. The quantitative estimate of drug-likeness (QED) is 0.781. The number of fused-ring (bicyclic) bond motifs is 1. The third kappa shape index (κ3) is 2.94. The topological polar surface area (TPSA) is 64.7 Å². The summed E-state index contributed by atoms with van der Waals surface area (Å²) < 4.78 is 3.64. The van der Waals surface area contributed by atoms with E-state index < -0.39 is 0 Å². The van der Waals surface area contributed by atoms with Crippen molar-refractivity contribution < 1.29 is 4.79 Å². The molecule has 0 fully saturated rings. The molecule has 0 radical (unpaired) electrons. The molecular weight excluding hydrogens is 314 g/mol. The van der Waals surface area contributed by atoms with Gasteiger partial charge in [0, 0.05) is 19.6 Å². The highest BCUT2D eigenvalue weighted by Gasteiger charge is 2.19. The van der Waals surface area contributed by atoms with Crippen molar-refractivity contribution in [1.82, 2.24) is 24.6 Å². The van der Waals surface area contributed by atoms with E-state index in [-0.39, 0.29) is 5.91 Å². The van der Waals surface area contributed by atoms with Gasteiger partial charge in [-0.1, -0.05) is 23.7 Å². The Morgan fingerprint density at radius 2 is 2.13 bits per heavy atom. The van der Waals surface area contributed by atoms with Gasteiger partial charge in [-0.25, -0.2) is 4.98 Å². The van der Waals surface area contributed by atoms with E-state index in [1.54, 1.807) is 17.9 Å². The summed E-state index contributed by atoms with van der Waals surface area (Å²) in [7, 11) is 0. The lowest BCUT2D eigenvalue weighted by Gasteiger charge is -2.08. The number of carbonyl (C=O) groups is 1. The number of aryl methyl sites for hydroxylation is 2. The number of rotatable bonds is 5. The number of amides is 1. The first kappa shape index (κ1) is 15.6. The molecule has 3 aromatic rings. The molecule has 0 aliphatic heterocycles. The lowest BCUT2D eigenvalue weighted by molar-refractivity contribution is 0.0942. The number of imidazole rings is 1. The molecule has 1 amide bonds. The molecule has 23 heavy (non-hydrogen) atoms. The Morgan fingerprint density at radius 3 is 2.91 bits per heavy atom. The lowest BCUT2D eigenvalue weighted by Crippen LogP contribution is -2.29. The summed E-state index contributed by atoms with van der Waals surface area (Å²) in [6, 6.07) is 7.91. The van der Waals surface area contributed by atoms with Crippen LogP contribution >= 0.6 is 11.6 Å². The van der Waals surface area contributed by atoms with Crippen molar-refractivity contribution in [3.8, 4) is 0 Å².